The number of hydrogen-bond donors (Lipinski definition) is 0. The maximum absolute atomic E-state index is 14.1. The Balaban J connectivity index is 2.01. The van der Waals surface area contributed by atoms with Gasteiger partial charge in [-0.2, -0.15) is 0 Å². The molecule has 0 aromatic rings. The van der Waals surface area contributed by atoms with E-state index in [-0.39, 0.29) is 23.4 Å². The molecular weight excluding hydrogens is 284 g/mol. The van der Waals surface area contributed by atoms with Crippen molar-refractivity contribution in [1.82, 2.24) is 4.90 Å². The molecule has 3 atom stereocenters. The number of amides is 1. The number of rotatable bonds is 2. The second-order valence-electron chi connectivity index (χ2n) is 7.28. The lowest BCUT2D eigenvalue weighted by Crippen LogP contribution is -2.41. The third-order valence-electron chi connectivity index (χ3n) is 5.36. The Bertz CT molecular complexity index is 518. The van der Waals surface area contributed by atoms with E-state index in [0.717, 1.165) is 39.0 Å². The van der Waals surface area contributed by atoms with E-state index < -0.39 is 5.92 Å². The van der Waals surface area contributed by atoms with Gasteiger partial charge in [-0.3, -0.25) is 4.79 Å². The first-order valence-corrected chi connectivity index (χ1v) is 8.48. The zero-order chi connectivity index (χ0) is 15.9. The standard InChI is InChI=1S/C18H25F2NO/c1-12-6-9-16(15(10-12)18(2,19)20)21-14-8-7-13(11-14)4-3-5-17(21)22/h6,9,12-14H,3-5,7-8,10-11H2,1-2H3. The van der Waals surface area contributed by atoms with Crippen molar-refractivity contribution in [3.05, 3.63) is 23.4 Å². The second kappa shape index (κ2) is 5.78. The van der Waals surface area contributed by atoms with Gasteiger partial charge in [-0.25, -0.2) is 8.78 Å². The van der Waals surface area contributed by atoms with Gasteiger partial charge in [0.15, 0.2) is 0 Å². The van der Waals surface area contributed by atoms with Crippen LogP contribution < -0.4 is 0 Å². The molecule has 1 heterocycles. The summed E-state index contributed by atoms with van der Waals surface area (Å²) < 4.78 is 28.2. The first-order valence-electron chi connectivity index (χ1n) is 8.48. The van der Waals surface area contributed by atoms with Crippen LogP contribution in [0.1, 0.15) is 58.8 Å². The highest BCUT2D eigenvalue weighted by molar-refractivity contribution is 5.79. The Hall–Kier alpha value is -1.19. The molecule has 3 aliphatic rings. The summed E-state index contributed by atoms with van der Waals surface area (Å²) >= 11 is 0. The molecular formula is C18H25F2NO. The number of carbonyl (C=O) groups is 1. The molecule has 0 aromatic carbocycles. The van der Waals surface area contributed by atoms with Crippen molar-refractivity contribution in [2.24, 2.45) is 11.8 Å². The number of halogens is 2. The molecule has 0 radical (unpaired) electrons. The number of allylic oxidation sites excluding steroid dienone is 3. The summed E-state index contributed by atoms with van der Waals surface area (Å²) in [5.41, 5.74) is 0.628. The first-order chi connectivity index (χ1) is 10.4. The average molecular weight is 309 g/mol. The maximum atomic E-state index is 14.1. The van der Waals surface area contributed by atoms with Gasteiger partial charge in [-0.15, -0.1) is 0 Å². The van der Waals surface area contributed by atoms with Crippen LogP contribution in [0.2, 0.25) is 0 Å². The van der Waals surface area contributed by atoms with Gasteiger partial charge in [-0.1, -0.05) is 13.0 Å². The predicted molar refractivity (Wildman–Crippen MR) is 82.4 cm³/mol. The minimum absolute atomic E-state index is 0.0290. The van der Waals surface area contributed by atoms with E-state index in [0.29, 0.717) is 24.5 Å². The Kier molecular flexibility index (Phi) is 4.13. The summed E-state index contributed by atoms with van der Waals surface area (Å²) in [6.45, 7) is 2.90. The fourth-order valence-corrected chi connectivity index (χ4v) is 4.22. The molecule has 0 N–H and O–H groups in total. The van der Waals surface area contributed by atoms with Crippen LogP contribution in [-0.4, -0.2) is 22.8 Å². The summed E-state index contributed by atoms with van der Waals surface area (Å²) in [5.74, 6) is -2.07. The molecule has 0 spiro atoms. The number of fused-ring (bicyclic) bond motifs is 2. The number of alkyl halides is 2. The number of carbonyl (C=O) groups excluding carboxylic acids is 1. The number of likely N-dealkylation sites (tertiary alicyclic amines) is 1. The molecule has 3 unspecified atom stereocenters. The molecule has 2 bridgehead atoms. The topological polar surface area (TPSA) is 20.3 Å². The van der Waals surface area contributed by atoms with Crippen molar-refractivity contribution < 1.29 is 13.6 Å². The predicted octanol–water partition coefficient (Wildman–Crippen LogP) is 4.67. The molecule has 4 heteroatoms. The monoisotopic (exact) mass is 309 g/mol. The van der Waals surface area contributed by atoms with Crippen LogP contribution in [0.15, 0.2) is 23.4 Å². The van der Waals surface area contributed by atoms with Gasteiger partial charge in [0.05, 0.1) is 0 Å². The highest BCUT2D eigenvalue weighted by Crippen LogP contribution is 2.42. The van der Waals surface area contributed by atoms with Crippen molar-refractivity contribution in [3.8, 4) is 0 Å². The van der Waals surface area contributed by atoms with E-state index in [1.165, 1.54) is 0 Å². The molecule has 1 saturated carbocycles. The fraction of sp³-hybridized carbons (Fsp3) is 0.722. The molecule has 22 heavy (non-hydrogen) atoms. The van der Waals surface area contributed by atoms with Crippen molar-refractivity contribution in [3.63, 3.8) is 0 Å². The van der Waals surface area contributed by atoms with Crippen LogP contribution in [0.3, 0.4) is 0 Å². The smallest absolute Gasteiger partial charge is 0.268 e. The van der Waals surface area contributed by atoms with Gasteiger partial charge in [0.25, 0.3) is 5.92 Å². The molecule has 1 saturated heterocycles. The first kappa shape index (κ1) is 15.7. The molecule has 1 amide bonds. The van der Waals surface area contributed by atoms with Crippen LogP contribution in [0.25, 0.3) is 0 Å². The summed E-state index contributed by atoms with van der Waals surface area (Å²) in [4.78, 5) is 14.4. The van der Waals surface area contributed by atoms with E-state index in [9.17, 15) is 13.6 Å². The molecule has 1 aliphatic heterocycles. The van der Waals surface area contributed by atoms with E-state index >= 15 is 0 Å². The largest absolute Gasteiger partial charge is 0.309 e. The van der Waals surface area contributed by atoms with Crippen LogP contribution in [0.5, 0.6) is 0 Å². The quantitative estimate of drug-likeness (QED) is 0.725. The van der Waals surface area contributed by atoms with E-state index in [1.54, 1.807) is 11.0 Å². The fourth-order valence-electron chi connectivity index (χ4n) is 4.22. The molecule has 2 fully saturated rings. The molecule has 3 rings (SSSR count). The van der Waals surface area contributed by atoms with E-state index in [4.69, 9.17) is 0 Å². The summed E-state index contributed by atoms with van der Waals surface area (Å²) in [6.07, 6.45) is 9.61. The van der Waals surface area contributed by atoms with Gasteiger partial charge in [0, 0.05) is 30.7 Å². The van der Waals surface area contributed by atoms with Gasteiger partial charge in [0.2, 0.25) is 5.91 Å². The Labute approximate surface area is 131 Å². The van der Waals surface area contributed by atoms with Crippen LogP contribution in [0.4, 0.5) is 8.78 Å². The van der Waals surface area contributed by atoms with Crippen LogP contribution in [-0.2, 0) is 4.79 Å². The molecule has 2 nitrogen and oxygen atoms in total. The highest BCUT2D eigenvalue weighted by Gasteiger charge is 2.40. The Morgan fingerprint density at radius 3 is 2.77 bits per heavy atom. The van der Waals surface area contributed by atoms with Crippen molar-refractivity contribution in [2.75, 3.05) is 0 Å². The number of nitrogens with zero attached hydrogens (tertiary/aromatic N) is 1. The van der Waals surface area contributed by atoms with Gasteiger partial charge in [-0.05, 0) is 56.4 Å². The Morgan fingerprint density at radius 2 is 2.05 bits per heavy atom. The maximum Gasteiger partial charge on any atom is 0.268 e. The summed E-state index contributed by atoms with van der Waals surface area (Å²) in [6, 6.07) is 0.114. The third kappa shape index (κ3) is 2.97. The molecule has 2 aliphatic carbocycles. The number of hydrogen-bond acceptors (Lipinski definition) is 1. The van der Waals surface area contributed by atoms with Crippen molar-refractivity contribution in [1.29, 1.82) is 0 Å². The summed E-state index contributed by atoms with van der Waals surface area (Å²) in [5, 5.41) is 0. The van der Waals surface area contributed by atoms with Crippen LogP contribution in [0, 0.1) is 11.8 Å². The summed E-state index contributed by atoms with van der Waals surface area (Å²) in [7, 11) is 0. The van der Waals surface area contributed by atoms with Crippen molar-refractivity contribution >= 4 is 5.91 Å². The lowest BCUT2D eigenvalue weighted by molar-refractivity contribution is -0.131. The second-order valence-corrected chi connectivity index (χ2v) is 7.28. The normalized spacial score (nSPS) is 33.2. The lowest BCUT2D eigenvalue weighted by atomic mass is 9.88. The Morgan fingerprint density at radius 1 is 1.27 bits per heavy atom. The highest BCUT2D eigenvalue weighted by atomic mass is 19.3. The minimum Gasteiger partial charge on any atom is -0.309 e. The minimum atomic E-state index is -2.87. The van der Waals surface area contributed by atoms with Gasteiger partial charge in [0.1, 0.15) is 0 Å². The zero-order valence-corrected chi connectivity index (χ0v) is 13.4. The SMILES string of the molecule is CC1C=CC(N2C(=O)CCCC3CCC2C3)=C(C(C)(F)F)C1. The lowest BCUT2D eigenvalue weighted by Gasteiger charge is -2.36. The van der Waals surface area contributed by atoms with Gasteiger partial charge >= 0.3 is 0 Å². The molecule has 122 valence electrons. The zero-order valence-electron chi connectivity index (χ0n) is 13.4. The van der Waals surface area contributed by atoms with E-state index in [1.807, 2.05) is 13.0 Å². The molecule has 0 aromatic heterocycles. The average Bonchev–Trinajstić information content (AvgIpc) is 2.88. The third-order valence-corrected chi connectivity index (χ3v) is 5.36. The van der Waals surface area contributed by atoms with Crippen molar-refractivity contribution in [2.45, 2.75) is 70.8 Å². The van der Waals surface area contributed by atoms with E-state index in [2.05, 4.69) is 0 Å². The van der Waals surface area contributed by atoms with Crippen LogP contribution >= 0.6 is 0 Å². The van der Waals surface area contributed by atoms with Gasteiger partial charge < -0.3 is 4.90 Å².